The molecule has 1 aromatic carbocycles. The Morgan fingerprint density at radius 2 is 1.95 bits per heavy atom. The van der Waals surface area contributed by atoms with E-state index >= 15 is 0 Å². The van der Waals surface area contributed by atoms with Crippen LogP contribution in [-0.2, 0) is 0 Å². The van der Waals surface area contributed by atoms with Crippen LogP contribution in [0.3, 0.4) is 0 Å². The number of anilines is 2. The summed E-state index contributed by atoms with van der Waals surface area (Å²) in [4.78, 5) is 4.98. The van der Waals surface area contributed by atoms with Crippen molar-refractivity contribution < 1.29 is 0 Å². The zero-order valence-corrected chi connectivity index (χ0v) is 11.9. The number of nitriles is 1. The second kappa shape index (κ2) is 5.72. The zero-order valence-electron chi connectivity index (χ0n) is 11.9. The third kappa shape index (κ3) is 2.59. The molecule has 2 aliphatic rings. The first-order valence-corrected chi connectivity index (χ1v) is 7.56. The van der Waals surface area contributed by atoms with Crippen molar-refractivity contribution >= 4 is 11.4 Å². The van der Waals surface area contributed by atoms with Crippen molar-refractivity contribution in [3.05, 3.63) is 23.8 Å². The van der Waals surface area contributed by atoms with Crippen LogP contribution in [0.5, 0.6) is 0 Å². The van der Waals surface area contributed by atoms with E-state index in [1.165, 1.54) is 38.8 Å². The van der Waals surface area contributed by atoms with Gasteiger partial charge in [0.15, 0.2) is 0 Å². The second-order valence-electron chi connectivity index (χ2n) is 5.87. The minimum Gasteiger partial charge on any atom is -0.397 e. The van der Waals surface area contributed by atoms with E-state index in [4.69, 9.17) is 11.0 Å². The van der Waals surface area contributed by atoms with Crippen LogP contribution in [0.4, 0.5) is 11.4 Å². The second-order valence-corrected chi connectivity index (χ2v) is 5.87. The highest BCUT2D eigenvalue weighted by molar-refractivity contribution is 5.70. The molecule has 1 atom stereocenters. The summed E-state index contributed by atoms with van der Waals surface area (Å²) < 4.78 is 0. The standard InChI is InChI=1S/C16H22N4/c17-11-13-4-5-15(18)16(10-13)20-9-6-14(12-20)19-7-2-1-3-8-19/h4-5,10,14H,1-3,6-9,12,18H2. The van der Waals surface area contributed by atoms with Gasteiger partial charge in [0, 0.05) is 19.1 Å². The third-order valence-electron chi connectivity index (χ3n) is 4.57. The Bertz CT molecular complexity index is 514. The minimum atomic E-state index is 0.653. The van der Waals surface area contributed by atoms with Gasteiger partial charge in [0.25, 0.3) is 0 Å². The minimum absolute atomic E-state index is 0.653. The fourth-order valence-corrected chi connectivity index (χ4v) is 3.43. The largest absolute Gasteiger partial charge is 0.397 e. The van der Waals surface area contributed by atoms with Crippen molar-refractivity contribution in [3.63, 3.8) is 0 Å². The van der Waals surface area contributed by atoms with Gasteiger partial charge in [0.1, 0.15) is 0 Å². The van der Waals surface area contributed by atoms with E-state index in [1.54, 1.807) is 6.07 Å². The topological polar surface area (TPSA) is 56.3 Å². The maximum absolute atomic E-state index is 9.03. The Labute approximate surface area is 120 Å². The average molecular weight is 270 g/mol. The number of nitrogen functional groups attached to an aromatic ring is 1. The van der Waals surface area contributed by atoms with Crippen LogP contribution in [0.1, 0.15) is 31.2 Å². The number of hydrogen-bond acceptors (Lipinski definition) is 4. The van der Waals surface area contributed by atoms with E-state index in [-0.39, 0.29) is 0 Å². The van der Waals surface area contributed by atoms with Gasteiger partial charge in [-0.05, 0) is 50.6 Å². The molecule has 0 saturated carbocycles. The van der Waals surface area contributed by atoms with E-state index in [0.29, 0.717) is 11.6 Å². The quantitative estimate of drug-likeness (QED) is 0.837. The highest BCUT2D eigenvalue weighted by atomic mass is 15.3. The fraction of sp³-hybridized carbons (Fsp3) is 0.562. The van der Waals surface area contributed by atoms with E-state index in [0.717, 1.165) is 24.5 Å². The number of hydrogen-bond donors (Lipinski definition) is 1. The van der Waals surface area contributed by atoms with Crippen molar-refractivity contribution in [1.29, 1.82) is 5.26 Å². The Morgan fingerprint density at radius 1 is 1.15 bits per heavy atom. The number of likely N-dealkylation sites (tertiary alicyclic amines) is 1. The molecule has 0 aromatic heterocycles. The molecule has 0 spiro atoms. The van der Waals surface area contributed by atoms with Gasteiger partial charge in [0.2, 0.25) is 0 Å². The molecule has 106 valence electrons. The summed E-state index contributed by atoms with van der Waals surface area (Å²) in [6, 6.07) is 8.42. The van der Waals surface area contributed by atoms with Crippen LogP contribution >= 0.6 is 0 Å². The van der Waals surface area contributed by atoms with Gasteiger partial charge in [0.05, 0.1) is 23.0 Å². The first kappa shape index (κ1) is 13.3. The molecule has 4 heteroatoms. The van der Waals surface area contributed by atoms with Crippen molar-refractivity contribution in [3.8, 4) is 6.07 Å². The molecule has 1 unspecified atom stereocenters. The van der Waals surface area contributed by atoms with Crippen LogP contribution in [0.25, 0.3) is 0 Å². The first-order chi connectivity index (χ1) is 9.78. The van der Waals surface area contributed by atoms with Gasteiger partial charge in [-0.25, -0.2) is 0 Å². The summed E-state index contributed by atoms with van der Waals surface area (Å²) in [5.74, 6) is 0. The van der Waals surface area contributed by atoms with Crippen LogP contribution < -0.4 is 10.6 Å². The molecule has 0 amide bonds. The van der Waals surface area contributed by atoms with Crippen LogP contribution in [0.2, 0.25) is 0 Å². The van der Waals surface area contributed by atoms with Crippen molar-refractivity contribution in [1.82, 2.24) is 4.90 Å². The number of piperidine rings is 1. The SMILES string of the molecule is N#Cc1ccc(N)c(N2CCC(N3CCCCC3)C2)c1. The van der Waals surface area contributed by atoms with Crippen molar-refractivity contribution in [2.24, 2.45) is 0 Å². The van der Waals surface area contributed by atoms with Gasteiger partial charge in [-0.2, -0.15) is 5.26 Å². The summed E-state index contributed by atoms with van der Waals surface area (Å²) in [7, 11) is 0. The molecular weight excluding hydrogens is 248 g/mol. The normalized spacial score (nSPS) is 23.8. The van der Waals surface area contributed by atoms with Gasteiger partial charge in [-0.3, -0.25) is 4.90 Å². The monoisotopic (exact) mass is 270 g/mol. The average Bonchev–Trinajstić information content (AvgIpc) is 2.98. The van der Waals surface area contributed by atoms with Crippen LogP contribution in [0, 0.1) is 11.3 Å². The Kier molecular flexibility index (Phi) is 3.79. The Hall–Kier alpha value is -1.73. The fourth-order valence-electron chi connectivity index (χ4n) is 3.43. The molecule has 0 radical (unpaired) electrons. The molecule has 3 rings (SSSR count). The predicted molar refractivity (Wildman–Crippen MR) is 81.6 cm³/mol. The highest BCUT2D eigenvalue weighted by Crippen LogP contribution is 2.30. The third-order valence-corrected chi connectivity index (χ3v) is 4.57. The number of benzene rings is 1. The molecule has 2 fully saturated rings. The van der Waals surface area contributed by atoms with Gasteiger partial charge >= 0.3 is 0 Å². The number of nitrogens with zero attached hydrogens (tertiary/aromatic N) is 3. The maximum Gasteiger partial charge on any atom is 0.0992 e. The van der Waals surface area contributed by atoms with Crippen LogP contribution in [0.15, 0.2) is 18.2 Å². The zero-order chi connectivity index (χ0) is 13.9. The summed E-state index contributed by atoms with van der Waals surface area (Å²) >= 11 is 0. The highest BCUT2D eigenvalue weighted by Gasteiger charge is 2.29. The summed E-state index contributed by atoms with van der Waals surface area (Å²) in [5.41, 5.74) is 8.59. The molecule has 4 nitrogen and oxygen atoms in total. The molecule has 2 heterocycles. The lowest BCUT2D eigenvalue weighted by molar-refractivity contribution is 0.175. The molecular formula is C16H22N4. The summed E-state index contributed by atoms with van der Waals surface area (Å²) in [5, 5.41) is 9.03. The summed E-state index contributed by atoms with van der Waals surface area (Å²) in [6.45, 7) is 4.57. The Balaban J connectivity index is 1.72. The molecule has 0 bridgehead atoms. The smallest absolute Gasteiger partial charge is 0.0992 e. The molecule has 1 aromatic rings. The lowest BCUT2D eigenvalue weighted by Crippen LogP contribution is -2.40. The summed E-state index contributed by atoms with van der Waals surface area (Å²) in [6.07, 6.45) is 5.26. The van der Waals surface area contributed by atoms with Gasteiger partial charge < -0.3 is 10.6 Å². The number of nitrogens with two attached hydrogens (primary N) is 1. The van der Waals surface area contributed by atoms with E-state index < -0.39 is 0 Å². The lowest BCUT2D eigenvalue weighted by atomic mass is 10.1. The van der Waals surface area contributed by atoms with Crippen molar-refractivity contribution in [2.45, 2.75) is 31.7 Å². The molecule has 2 saturated heterocycles. The number of rotatable bonds is 2. The molecule has 0 aliphatic carbocycles. The lowest BCUT2D eigenvalue weighted by Gasteiger charge is -2.32. The van der Waals surface area contributed by atoms with E-state index in [9.17, 15) is 0 Å². The van der Waals surface area contributed by atoms with Gasteiger partial charge in [-0.1, -0.05) is 6.42 Å². The van der Waals surface area contributed by atoms with E-state index in [1.807, 2.05) is 12.1 Å². The Morgan fingerprint density at radius 3 is 2.70 bits per heavy atom. The molecule has 2 N–H and O–H groups in total. The van der Waals surface area contributed by atoms with Gasteiger partial charge in [-0.15, -0.1) is 0 Å². The van der Waals surface area contributed by atoms with E-state index in [2.05, 4.69) is 15.9 Å². The maximum atomic E-state index is 9.03. The molecule has 20 heavy (non-hydrogen) atoms. The first-order valence-electron chi connectivity index (χ1n) is 7.56. The van der Waals surface area contributed by atoms with Crippen LogP contribution in [-0.4, -0.2) is 37.1 Å². The predicted octanol–water partition coefficient (Wildman–Crippen LogP) is 2.21. The molecule has 2 aliphatic heterocycles. The van der Waals surface area contributed by atoms with Crippen molar-refractivity contribution in [2.75, 3.05) is 36.8 Å².